The summed E-state index contributed by atoms with van der Waals surface area (Å²) in [4.78, 5) is 70.3. The van der Waals surface area contributed by atoms with Crippen LogP contribution in [0.2, 0.25) is 0 Å². The molecule has 0 aromatic carbocycles. The van der Waals surface area contributed by atoms with Gasteiger partial charge in [0.25, 0.3) is 23.6 Å². The lowest BCUT2D eigenvalue weighted by Crippen LogP contribution is -2.38. The zero-order valence-electron chi connectivity index (χ0n) is 12.5. The Balaban J connectivity index is 1.88. The lowest BCUT2D eigenvalue weighted by Gasteiger charge is -2.18. The van der Waals surface area contributed by atoms with Crippen molar-refractivity contribution in [3.8, 4) is 0 Å². The van der Waals surface area contributed by atoms with Gasteiger partial charge in [0, 0.05) is 43.8 Å². The highest BCUT2D eigenvalue weighted by Crippen LogP contribution is 2.17. The Labute approximate surface area is 136 Å². The van der Waals surface area contributed by atoms with E-state index in [4.69, 9.17) is 0 Å². The summed E-state index contributed by atoms with van der Waals surface area (Å²) in [5, 5.41) is 9.30. The third-order valence-electron chi connectivity index (χ3n) is 3.61. The number of aliphatic hydroxyl groups excluding tert-OH is 1. The Kier molecular flexibility index (Phi) is 5.14. The van der Waals surface area contributed by atoms with E-state index >= 15 is 0 Å². The second kappa shape index (κ2) is 7.09. The van der Waals surface area contributed by atoms with Crippen LogP contribution in [0.1, 0.15) is 19.3 Å². The zero-order chi connectivity index (χ0) is 17.9. The zero-order valence-corrected chi connectivity index (χ0v) is 12.5. The summed E-state index contributed by atoms with van der Waals surface area (Å²) >= 11 is 0. The average molecular weight is 334 g/mol. The molecule has 0 bridgehead atoms. The maximum atomic E-state index is 12.0. The molecule has 9 nitrogen and oxygen atoms in total. The molecule has 2 heterocycles. The predicted octanol–water partition coefficient (Wildman–Crippen LogP) is -1.33. The second-order valence-electron chi connectivity index (χ2n) is 5.27. The van der Waals surface area contributed by atoms with Crippen molar-refractivity contribution in [2.45, 2.75) is 19.3 Å². The molecular weight excluding hydrogens is 320 g/mol. The van der Waals surface area contributed by atoms with Crippen LogP contribution < -0.4 is 0 Å². The van der Waals surface area contributed by atoms with Crippen LogP contribution >= 0.6 is 0 Å². The first kappa shape index (κ1) is 17.4. The Morgan fingerprint density at radius 1 is 0.833 bits per heavy atom. The topological polar surface area (TPSA) is 129 Å². The lowest BCUT2D eigenvalue weighted by atomic mass is 9.99. The van der Waals surface area contributed by atoms with E-state index in [-0.39, 0.29) is 19.3 Å². The monoisotopic (exact) mass is 334 g/mol. The second-order valence-corrected chi connectivity index (χ2v) is 5.27. The molecule has 24 heavy (non-hydrogen) atoms. The quantitative estimate of drug-likeness (QED) is 0.596. The SMILES string of the molecule is O=C1C=CC(=O)N1C(=O)CCC(CO)CC(=O)N1C(=O)C=CC1=O. The average Bonchev–Trinajstić information content (AvgIpc) is 3.05. The van der Waals surface area contributed by atoms with Gasteiger partial charge in [-0.15, -0.1) is 0 Å². The highest BCUT2D eigenvalue weighted by atomic mass is 16.3. The van der Waals surface area contributed by atoms with Gasteiger partial charge in [-0.25, -0.2) is 9.80 Å². The van der Waals surface area contributed by atoms with Gasteiger partial charge >= 0.3 is 0 Å². The predicted molar refractivity (Wildman–Crippen MR) is 76.4 cm³/mol. The molecule has 6 amide bonds. The van der Waals surface area contributed by atoms with E-state index in [1.165, 1.54) is 0 Å². The number of carbonyl (C=O) groups excluding carboxylic acids is 6. The van der Waals surface area contributed by atoms with Crippen molar-refractivity contribution in [1.82, 2.24) is 9.80 Å². The van der Waals surface area contributed by atoms with Crippen molar-refractivity contribution < 1.29 is 33.9 Å². The number of amides is 6. The number of hydrogen-bond donors (Lipinski definition) is 1. The molecule has 0 aromatic rings. The smallest absolute Gasteiger partial charge is 0.260 e. The van der Waals surface area contributed by atoms with E-state index in [1.54, 1.807) is 0 Å². The van der Waals surface area contributed by atoms with Crippen LogP contribution in [0, 0.1) is 5.92 Å². The van der Waals surface area contributed by atoms with Crippen LogP contribution in [0.4, 0.5) is 0 Å². The number of rotatable bonds is 6. The molecule has 0 aliphatic carbocycles. The molecular formula is C15H14N2O7. The summed E-state index contributed by atoms with van der Waals surface area (Å²) in [6, 6.07) is 0. The van der Waals surface area contributed by atoms with Gasteiger partial charge < -0.3 is 5.11 Å². The summed E-state index contributed by atoms with van der Waals surface area (Å²) in [5.41, 5.74) is 0. The summed E-state index contributed by atoms with van der Waals surface area (Å²) in [7, 11) is 0. The number of imide groups is 6. The highest BCUT2D eigenvalue weighted by Gasteiger charge is 2.33. The van der Waals surface area contributed by atoms with Crippen molar-refractivity contribution in [1.29, 1.82) is 0 Å². The molecule has 0 spiro atoms. The van der Waals surface area contributed by atoms with Crippen LogP contribution in [0.25, 0.3) is 0 Å². The molecule has 2 aliphatic rings. The minimum absolute atomic E-state index is 0.0157. The standard InChI is InChI=1S/C15H14N2O7/c18-8-9(7-15(24)17-13(22)5-6-14(17)23)1-2-10(19)16-11(20)3-4-12(16)21/h3-6,9,18H,1-2,7-8H2. The minimum atomic E-state index is -0.781. The van der Waals surface area contributed by atoms with E-state index in [0.29, 0.717) is 9.80 Å². The van der Waals surface area contributed by atoms with E-state index in [9.17, 15) is 33.9 Å². The third-order valence-corrected chi connectivity index (χ3v) is 3.61. The van der Waals surface area contributed by atoms with Crippen molar-refractivity contribution in [2.75, 3.05) is 6.61 Å². The lowest BCUT2D eigenvalue weighted by molar-refractivity contribution is -0.152. The van der Waals surface area contributed by atoms with Gasteiger partial charge in [-0.1, -0.05) is 0 Å². The molecule has 1 atom stereocenters. The van der Waals surface area contributed by atoms with E-state index in [0.717, 1.165) is 24.3 Å². The fraction of sp³-hybridized carbons (Fsp3) is 0.333. The van der Waals surface area contributed by atoms with E-state index in [1.807, 2.05) is 0 Å². The van der Waals surface area contributed by atoms with Crippen LogP contribution in [-0.4, -0.2) is 57.0 Å². The first-order valence-corrected chi connectivity index (χ1v) is 7.14. The van der Waals surface area contributed by atoms with Gasteiger partial charge in [0.2, 0.25) is 11.8 Å². The first-order valence-electron chi connectivity index (χ1n) is 7.14. The molecule has 1 N–H and O–H groups in total. The normalized spacial score (nSPS) is 18.0. The summed E-state index contributed by atoms with van der Waals surface area (Å²) in [6.07, 6.45) is 3.35. The minimum Gasteiger partial charge on any atom is -0.396 e. The van der Waals surface area contributed by atoms with Crippen LogP contribution in [-0.2, 0) is 28.8 Å². The van der Waals surface area contributed by atoms with Gasteiger partial charge in [0.05, 0.1) is 0 Å². The van der Waals surface area contributed by atoms with Gasteiger partial charge in [0.15, 0.2) is 0 Å². The third kappa shape index (κ3) is 3.51. The van der Waals surface area contributed by atoms with Crippen LogP contribution in [0.15, 0.2) is 24.3 Å². The number of nitrogens with zero attached hydrogens (tertiary/aromatic N) is 2. The van der Waals surface area contributed by atoms with Gasteiger partial charge in [-0.05, 0) is 12.3 Å². The highest BCUT2D eigenvalue weighted by molar-refractivity contribution is 6.23. The van der Waals surface area contributed by atoms with E-state index < -0.39 is 48.0 Å². The number of hydrogen-bond acceptors (Lipinski definition) is 7. The molecule has 0 radical (unpaired) electrons. The maximum Gasteiger partial charge on any atom is 0.260 e. The molecule has 1 unspecified atom stereocenters. The number of aliphatic hydroxyl groups is 1. The Morgan fingerprint density at radius 2 is 1.25 bits per heavy atom. The van der Waals surface area contributed by atoms with Gasteiger partial charge in [0.1, 0.15) is 0 Å². The molecule has 0 saturated heterocycles. The van der Waals surface area contributed by atoms with Crippen molar-refractivity contribution in [2.24, 2.45) is 5.92 Å². The largest absolute Gasteiger partial charge is 0.396 e. The molecule has 0 aromatic heterocycles. The molecule has 9 heteroatoms. The molecule has 2 aliphatic heterocycles. The van der Waals surface area contributed by atoms with Crippen molar-refractivity contribution in [3.05, 3.63) is 24.3 Å². The van der Waals surface area contributed by atoms with Crippen molar-refractivity contribution >= 4 is 35.4 Å². The first-order chi connectivity index (χ1) is 11.3. The Morgan fingerprint density at radius 3 is 1.67 bits per heavy atom. The summed E-state index contributed by atoms with van der Waals surface area (Å²) < 4.78 is 0. The van der Waals surface area contributed by atoms with Gasteiger partial charge in [-0.3, -0.25) is 28.8 Å². The Bertz CT molecular complexity index is 656. The molecule has 126 valence electrons. The van der Waals surface area contributed by atoms with Crippen LogP contribution in [0.5, 0.6) is 0 Å². The maximum absolute atomic E-state index is 12.0. The van der Waals surface area contributed by atoms with Gasteiger partial charge in [-0.2, -0.15) is 0 Å². The Hall–Kier alpha value is -2.94. The van der Waals surface area contributed by atoms with Crippen LogP contribution in [0.3, 0.4) is 0 Å². The summed E-state index contributed by atoms with van der Waals surface area (Å²) in [6.45, 7) is -0.456. The fourth-order valence-corrected chi connectivity index (χ4v) is 2.33. The molecule has 0 fully saturated rings. The number of carbonyl (C=O) groups is 6. The van der Waals surface area contributed by atoms with E-state index in [2.05, 4.69) is 0 Å². The van der Waals surface area contributed by atoms with Crippen molar-refractivity contribution in [3.63, 3.8) is 0 Å². The fourth-order valence-electron chi connectivity index (χ4n) is 2.33. The summed E-state index contributed by atoms with van der Waals surface area (Å²) in [5.74, 6) is -5.19. The molecule has 2 rings (SSSR count). The molecule has 0 saturated carbocycles.